The number of thioether (sulfide) groups is 1. The Labute approximate surface area is 107 Å². The largest absolute Gasteiger partial charge is 0.312 e. The fourth-order valence-electron chi connectivity index (χ4n) is 2.12. The summed E-state index contributed by atoms with van der Waals surface area (Å²) in [6.45, 7) is 3.10. The highest BCUT2D eigenvalue weighted by Crippen LogP contribution is 2.13. The van der Waals surface area contributed by atoms with Gasteiger partial charge in [0.25, 0.3) is 0 Å². The smallest absolute Gasteiger partial charge is 0.138 e. The van der Waals surface area contributed by atoms with Gasteiger partial charge in [-0.1, -0.05) is 24.3 Å². The van der Waals surface area contributed by atoms with Crippen LogP contribution in [0.2, 0.25) is 0 Å². The van der Waals surface area contributed by atoms with E-state index in [0.717, 1.165) is 12.3 Å². The van der Waals surface area contributed by atoms with E-state index in [4.69, 9.17) is 0 Å². The highest BCUT2D eigenvalue weighted by Gasteiger charge is 2.17. The molecular formula is C14H19NOS. The van der Waals surface area contributed by atoms with Gasteiger partial charge >= 0.3 is 0 Å². The zero-order valence-electron chi connectivity index (χ0n) is 10.2. The summed E-state index contributed by atoms with van der Waals surface area (Å²) in [5.41, 5.74) is 2.38. The van der Waals surface area contributed by atoms with E-state index in [0.29, 0.717) is 24.7 Å². The Morgan fingerprint density at radius 2 is 2.29 bits per heavy atom. The van der Waals surface area contributed by atoms with Gasteiger partial charge in [0.05, 0.1) is 0 Å². The first kappa shape index (κ1) is 12.7. The molecule has 0 spiro atoms. The molecule has 0 bridgehead atoms. The van der Waals surface area contributed by atoms with Crippen LogP contribution in [0.15, 0.2) is 24.3 Å². The lowest BCUT2D eigenvalue weighted by Gasteiger charge is -2.22. The Kier molecular flexibility index (Phi) is 4.63. The molecule has 1 aliphatic rings. The first-order chi connectivity index (χ1) is 8.25. The number of aryl methyl sites for hydroxylation is 1. The second-order valence-electron chi connectivity index (χ2n) is 4.57. The van der Waals surface area contributed by atoms with Crippen LogP contribution in [-0.2, 0) is 11.2 Å². The Hall–Kier alpha value is -0.800. The van der Waals surface area contributed by atoms with Crippen molar-refractivity contribution in [1.82, 2.24) is 5.32 Å². The molecule has 2 nitrogen and oxygen atoms in total. The summed E-state index contributed by atoms with van der Waals surface area (Å²) in [7, 11) is 0. The third-order valence-electron chi connectivity index (χ3n) is 3.12. The van der Waals surface area contributed by atoms with E-state index in [-0.39, 0.29) is 0 Å². The summed E-state index contributed by atoms with van der Waals surface area (Å²) in [4.78, 5) is 12.0. The third kappa shape index (κ3) is 3.86. The van der Waals surface area contributed by atoms with E-state index in [2.05, 4.69) is 24.4 Å². The molecule has 1 heterocycles. The van der Waals surface area contributed by atoms with Crippen LogP contribution in [-0.4, -0.2) is 29.9 Å². The number of carbonyl (C=O) groups excluding carboxylic acids is 1. The molecule has 2 rings (SSSR count). The summed E-state index contributed by atoms with van der Waals surface area (Å²) in [6.07, 6.45) is 1.25. The van der Waals surface area contributed by atoms with Crippen LogP contribution >= 0.6 is 11.8 Å². The highest BCUT2D eigenvalue weighted by molar-refractivity contribution is 7.99. The minimum Gasteiger partial charge on any atom is -0.312 e. The molecule has 1 aromatic carbocycles. The summed E-state index contributed by atoms with van der Waals surface area (Å²) < 4.78 is 0. The van der Waals surface area contributed by atoms with Crippen molar-refractivity contribution in [2.75, 3.05) is 18.1 Å². The lowest BCUT2D eigenvalue weighted by molar-refractivity contribution is -0.118. The van der Waals surface area contributed by atoms with Gasteiger partial charge in [-0.3, -0.25) is 4.79 Å². The van der Waals surface area contributed by atoms with E-state index in [1.54, 1.807) is 0 Å². The number of nitrogens with one attached hydrogen (secondary N) is 1. The van der Waals surface area contributed by atoms with E-state index in [1.807, 2.05) is 23.9 Å². The Balaban J connectivity index is 1.86. The van der Waals surface area contributed by atoms with Crippen LogP contribution in [0.1, 0.15) is 17.5 Å². The predicted octanol–water partition coefficient (Wildman–Crippen LogP) is 2.20. The van der Waals surface area contributed by atoms with Gasteiger partial charge in [-0.05, 0) is 18.1 Å². The van der Waals surface area contributed by atoms with Crippen molar-refractivity contribution in [3.63, 3.8) is 0 Å². The quantitative estimate of drug-likeness (QED) is 0.887. The predicted molar refractivity (Wildman–Crippen MR) is 73.6 cm³/mol. The van der Waals surface area contributed by atoms with Gasteiger partial charge in [-0.15, -0.1) is 0 Å². The summed E-state index contributed by atoms with van der Waals surface area (Å²) in [6, 6.07) is 8.52. The van der Waals surface area contributed by atoms with E-state index in [9.17, 15) is 4.79 Å². The zero-order chi connectivity index (χ0) is 12.1. The zero-order valence-corrected chi connectivity index (χ0v) is 11.1. The minimum absolute atomic E-state index is 0.347. The van der Waals surface area contributed by atoms with Gasteiger partial charge in [0.15, 0.2) is 0 Å². The monoisotopic (exact) mass is 249 g/mol. The first-order valence-electron chi connectivity index (χ1n) is 6.13. The van der Waals surface area contributed by atoms with Gasteiger partial charge in [0.1, 0.15) is 5.78 Å². The SMILES string of the molecule is Cc1ccccc1CC(=O)CC1CSCCN1. The van der Waals surface area contributed by atoms with Gasteiger partial charge < -0.3 is 5.32 Å². The maximum atomic E-state index is 12.0. The van der Waals surface area contributed by atoms with Gasteiger partial charge in [-0.2, -0.15) is 11.8 Å². The lowest BCUT2D eigenvalue weighted by atomic mass is 10.0. The third-order valence-corrected chi connectivity index (χ3v) is 4.25. The fourth-order valence-corrected chi connectivity index (χ4v) is 3.07. The van der Waals surface area contributed by atoms with Gasteiger partial charge in [0, 0.05) is 36.9 Å². The molecule has 3 heteroatoms. The van der Waals surface area contributed by atoms with E-state index >= 15 is 0 Å². The molecule has 0 aliphatic carbocycles. The molecule has 1 fully saturated rings. The molecule has 1 unspecified atom stereocenters. The maximum absolute atomic E-state index is 12.0. The van der Waals surface area contributed by atoms with Crippen molar-refractivity contribution in [2.24, 2.45) is 0 Å². The van der Waals surface area contributed by atoms with Crippen LogP contribution < -0.4 is 5.32 Å². The minimum atomic E-state index is 0.347. The summed E-state index contributed by atoms with van der Waals surface area (Å²) >= 11 is 1.94. The molecule has 0 amide bonds. The molecule has 1 saturated heterocycles. The fraction of sp³-hybridized carbons (Fsp3) is 0.500. The Bertz CT molecular complexity index is 386. The second-order valence-corrected chi connectivity index (χ2v) is 5.72. The number of benzene rings is 1. The maximum Gasteiger partial charge on any atom is 0.138 e. The van der Waals surface area contributed by atoms with E-state index in [1.165, 1.54) is 16.9 Å². The molecule has 1 atom stereocenters. The van der Waals surface area contributed by atoms with Crippen molar-refractivity contribution >= 4 is 17.5 Å². The topological polar surface area (TPSA) is 29.1 Å². The molecular weight excluding hydrogens is 230 g/mol. The lowest BCUT2D eigenvalue weighted by Crippen LogP contribution is -2.39. The van der Waals surface area contributed by atoms with Crippen LogP contribution in [0.25, 0.3) is 0 Å². The van der Waals surface area contributed by atoms with Crippen LogP contribution in [0, 0.1) is 6.92 Å². The number of hydrogen-bond acceptors (Lipinski definition) is 3. The van der Waals surface area contributed by atoms with Gasteiger partial charge in [-0.25, -0.2) is 0 Å². The van der Waals surface area contributed by atoms with E-state index < -0.39 is 0 Å². The highest BCUT2D eigenvalue weighted by atomic mass is 32.2. The summed E-state index contributed by atoms with van der Waals surface area (Å²) in [5, 5.41) is 3.41. The number of carbonyl (C=O) groups is 1. The molecule has 0 aromatic heterocycles. The molecule has 1 N–H and O–H groups in total. The number of Topliss-reactive ketones (excluding diaryl/α,β-unsaturated/α-hetero) is 1. The standard InChI is InChI=1S/C14H19NOS/c1-11-4-2-3-5-12(11)8-14(16)9-13-10-17-7-6-15-13/h2-5,13,15H,6-10H2,1H3. The van der Waals surface area contributed by atoms with Crippen molar-refractivity contribution in [2.45, 2.75) is 25.8 Å². The molecule has 1 aliphatic heterocycles. The normalized spacial score (nSPS) is 20.2. The summed E-state index contributed by atoms with van der Waals surface area (Å²) in [5.74, 6) is 2.58. The average Bonchev–Trinajstić information content (AvgIpc) is 2.33. The van der Waals surface area contributed by atoms with Gasteiger partial charge in [0.2, 0.25) is 0 Å². The van der Waals surface area contributed by atoms with Crippen molar-refractivity contribution in [3.8, 4) is 0 Å². The van der Waals surface area contributed by atoms with Crippen molar-refractivity contribution in [1.29, 1.82) is 0 Å². The Morgan fingerprint density at radius 3 is 3.00 bits per heavy atom. The first-order valence-corrected chi connectivity index (χ1v) is 7.28. The molecule has 1 aromatic rings. The molecule has 0 saturated carbocycles. The second kappa shape index (κ2) is 6.22. The van der Waals surface area contributed by atoms with Crippen LogP contribution in [0.4, 0.5) is 0 Å². The average molecular weight is 249 g/mol. The Morgan fingerprint density at radius 1 is 1.47 bits per heavy atom. The molecule has 17 heavy (non-hydrogen) atoms. The molecule has 0 radical (unpaired) electrons. The number of rotatable bonds is 4. The molecule has 92 valence electrons. The van der Waals surface area contributed by atoms with Crippen molar-refractivity contribution < 1.29 is 4.79 Å². The number of hydrogen-bond donors (Lipinski definition) is 1. The van der Waals surface area contributed by atoms with Crippen LogP contribution in [0.5, 0.6) is 0 Å². The van der Waals surface area contributed by atoms with Crippen LogP contribution in [0.3, 0.4) is 0 Å². The number of ketones is 1. The van der Waals surface area contributed by atoms with Crippen molar-refractivity contribution in [3.05, 3.63) is 35.4 Å².